The minimum atomic E-state index is -3.15. The van der Waals surface area contributed by atoms with Crippen LogP contribution >= 0.6 is 0 Å². The number of nitrogens with one attached hydrogen (secondary N) is 2. The first-order valence-electron chi connectivity index (χ1n) is 8.61. The molecule has 0 spiro atoms. The normalized spacial score (nSPS) is 17.0. The topological polar surface area (TPSA) is 79.8 Å². The molecule has 6 nitrogen and oxygen atoms in total. The van der Waals surface area contributed by atoms with Gasteiger partial charge in [-0.3, -0.25) is 4.99 Å². The van der Waals surface area contributed by atoms with Crippen molar-refractivity contribution in [3.05, 3.63) is 29.8 Å². The number of sulfone groups is 1. The van der Waals surface area contributed by atoms with Gasteiger partial charge in [-0.1, -0.05) is 18.6 Å². The van der Waals surface area contributed by atoms with Crippen molar-refractivity contribution in [2.24, 2.45) is 10.4 Å². The molecule has 7 heteroatoms. The van der Waals surface area contributed by atoms with E-state index < -0.39 is 9.84 Å². The van der Waals surface area contributed by atoms with Crippen LogP contribution in [0, 0.1) is 5.41 Å². The molecule has 1 saturated carbocycles. The molecule has 0 aliphatic heterocycles. The predicted octanol–water partition coefficient (Wildman–Crippen LogP) is 1.96. The highest BCUT2D eigenvalue weighted by Gasteiger charge is 2.36. The van der Waals surface area contributed by atoms with Gasteiger partial charge in [-0.15, -0.1) is 0 Å². The lowest BCUT2D eigenvalue weighted by atomic mass is 9.67. The molecule has 1 fully saturated rings. The summed E-state index contributed by atoms with van der Waals surface area (Å²) in [6.45, 7) is 2.28. The van der Waals surface area contributed by atoms with Crippen LogP contribution in [0.3, 0.4) is 0 Å². The Kier molecular flexibility index (Phi) is 6.84. The SMILES string of the molecule is CN=C(NCc1ccc(S(C)(=O)=O)cc1)NCC1(CCOC)CCC1. The number of benzene rings is 1. The maximum absolute atomic E-state index is 11.5. The quantitative estimate of drug-likeness (QED) is 0.542. The highest BCUT2D eigenvalue weighted by Crippen LogP contribution is 2.43. The standard InChI is InChI=1S/C18H29N3O3S/c1-19-17(21-14-18(9-4-10-18)11-12-24-2)20-13-15-5-7-16(8-6-15)25(3,22)23/h5-8H,4,9-14H2,1-3H3,(H2,19,20,21). The van der Waals surface area contributed by atoms with Crippen molar-refractivity contribution < 1.29 is 13.2 Å². The minimum Gasteiger partial charge on any atom is -0.385 e. The van der Waals surface area contributed by atoms with E-state index in [9.17, 15) is 8.42 Å². The minimum absolute atomic E-state index is 0.324. The van der Waals surface area contributed by atoms with Crippen LogP contribution in [-0.4, -0.2) is 47.9 Å². The smallest absolute Gasteiger partial charge is 0.191 e. The summed E-state index contributed by atoms with van der Waals surface area (Å²) in [6, 6.07) is 6.92. The molecular formula is C18H29N3O3S. The van der Waals surface area contributed by atoms with Gasteiger partial charge in [-0.05, 0) is 42.4 Å². The average molecular weight is 368 g/mol. The first kappa shape index (κ1) is 19.7. The van der Waals surface area contributed by atoms with Gasteiger partial charge in [-0.2, -0.15) is 0 Å². The van der Waals surface area contributed by atoms with Gasteiger partial charge in [0.05, 0.1) is 4.90 Å². The highest BCUT2D eigenvalue weighted by molar-refractivity contribution is 7.90. The van der Waals surface area contributed by atoms with Crippen LogP contribution < -0.4 is 10.6 Å². The molecule has 2 N–H and O–H groups in total. The Morgan fingerprint density at radius 3 is 2.40 bits per heavy atom. The van der Waals surface area contributed by atoms with E-state index in [4.69, 9.17) is 4.74 Å². The lowest BCUT2D eigenvalue weighted by Crippen LogP contribution is -2.46. The first-order valence-corrected chi connectivity index (χ1v) is 10.5. The Morgan fingerprint density at radius 1 is 1.24 bits per heavy atom. The van der Waals surface area contributed by atoms with E-state index >= 15 is 0 Å². The summed E-state index contributed by atoms with van der Waals surface area (Å²) in [7, 11) is 0.349. The molecule has 140 valence electrons. The number of nitrogens with zero attached hydrogens (tertiary/aromatic N) is 1. The summed E-state index contributed by atoms with van der Waals surface area (Å²) in [5.41, 5.74) is 1.33. The van der Waals surface area contributed by atoms with Gasteiger partial charge < -0.3 is 15.4 Å². The van der Waals surface area contributed by atoms with E-state index in [1.54, 1.807) is 26.3 Å². The Labute approximate surface area is 151 Å². The van der Waals surface area contributed by atoms with Gasteiger partial charge in [0.25, 0.3) is 0 Å². The van der Waals surface area contributed by atoms with E-state index in [0.717, 1.165) is 31.1 Å². The number of hydrogen-bond donors (Lipinski definition) is 2. The fraction of sp³-hybridized carbons (Fsp3) is 0.611. The van der Waals surface area contributed by atoms with Gasteiger partial charge in [0.2, 0.25) is 0 Å². The summed E-state index contributed by atoms with van der Waals surface area (Å²) < 4.78 is 28.2. The molecule has 25 heavy (non-hydrogen) atoms. The monoisotopic (exact) mass is 367 g/mol. The van der Waals surface area contributed by atoms with Crippen molar-refractivity contribution in [1.29, 1.82) is 0 Å². The van der Waals surface area contributed by atoms with Crippen molar-refractivity contribution in [1.82, 2.24) is 10.6 Å². The third kappa shape index (κ3) is 5.71. The van der Waals surface area contributed by atoms with Crippen LogP contribution in [0.15, 0.2) is 34.2 Å². The number of guanidine groups is 1. The molecule has 1 aromatic rings. The lowest BCUT2D eigenvalue weighted by Gasteiger charge is -2.42. The number of rotatable bonds is 8. The van der Waals surface area contributed by atoms with Crippen molar-refractivity contribution >= 4 is 15.8 Å². The van der Waals surface area contributed by atoms with Crippen LogP contribution in [0.25, 0.3) is 0 Å². The van der Waals surface area contributed by atoms with Gasteiger partial charge in [0.1, 0.15) is 0 Å². The highest BCUT2D eigenvalue weighted by atomic mass is 32.2. The molecule has 1 aromatic carbocycles. The van der Waals surface area contributed by atoms with Gasteiger partial charge in [0, 0.05) is 40.1 Å². The molecule has 1 aliphatic rings. The van der Waals surface area contributed by atoms with Gasteiger partial charge in [-0.25, -0.2) is 8.42 Å². The molecule has 0 aromatic heterocycles. The Hall–Kier alpha value is -1.60. The zero-order valence-electron chi connectivity index (χ0n) is 15.3. The number of ether oxygens (including phenoxy) is 1. The molecule has 2 rings (SSSR count). The molecule has 1 aliphatic carbocycles. The second kappa shape index (κ2) is 8.67. The van der Waals surface area contributed by atoms with Crippen LogP contribution in [0.2, 0.25) is 0 Å². The summed E-state index contributed by atoms with van der Waals surface area (Å²) in [6.07, 6.45) is 6.02. The van der Waals surface area contributed by atoms with E-state index in [2.05, 4.69) is 15.6 Å². The summed E-state index contributed by atoms with van der Waals surface area (Å²) >= 11 is 0. The maximum Gasteiger partial charge on any atom is 0.191 e. The summed E-state index contributed by atoms with van der Waals surface area (Å²) in [5, 5.41) is 6.69. The number of hydrogen-bond acceptors (Lipinski definition) is 4. The second-order valence-corrected chi connectivity index (χ2v) is 8.81. The van der Waals surface area contributed by atoms with Crippen LogP contribution in [0.5, 0.6) is 0 Å². The Balaban J connectivity index is 1.84. The van der Waals surface area contributed by atoms with E-state index in [1.807, 2.05) is 12.1 Å². The molecule has 0 bridgehead atoms. The zero-order valence-corrected chi connectivity index (χ0v) is 16.2. The first-order chi connectivity index (χ1) is 11.9. The Bertz CT molecular complexity index is 680. The summed E-state index contributed by atoms with van der Waals surface area (Å²) in [5.74, 6) is 0.760. The molecule has 0 saturated heterocycles. The van der Waals surface area contributed by atoms with Crippen LogP contribution in [-0.2, 0) is 21.1 Å². The van der Waals surface area contributed by atoms with Gasteiger partial charge in [0.15, 0.2) is 15.8 Å². The van der Waals surface area contributed by atoms with Crippen molar-refractivity contribution in [3.8, 4) is 0 Å². The van der Waals surface area contributed by atoms with Gasteiger partial charge >= 0.3 is 0 Å². The fourth-order valence-corrected chi connectivity index (χ4v) is 3.67. The molecule has 0 atom stereocenters. The van der Waals surface area contributed by atoms with E-state index in [-0.39, 0.29) is 0 Å². The van der Waals surface area contributed by atoms with Crippen molar-refractivity contribution in [2.75, 3.05) is 33.6 Å². The Morgan fingerprint density at radius 2 is 1.92 bits per heavy atom. The predicted molar refractivity (Wildman–Crippen MR) is 101 cm³/mol. The molecule has 0 amide bonds. The van der Waals surface area contributed by atoms with Crippen molar-refractivity contribution in [3.63, 3.8) is 0 Å². The second-order valence-electron chi connectivity index (χ2n) is 6.79. The van der Waals surface area contributed by atoms with E-state index in [0.29, 0.717) is 16.9 Å². The molecule has 0 radical (unpaired) electrons. The third-order valence-electron chi connectivity index (χ3n) is 4.92. The number of methoxy groups -OCH3 is 1. The summed E-state index contributed by atoms with van der Waals surface area (Å²) in [4.78, 5) is 4.61. The molecule has 0 unspecified atom stereocenters. The van der Waals surface area contributed by atoms with Crippen LogP contribution in [0.4, 0.5) is 0 Å². The fourth-order valence-electron chi connectivity index (χ4n) is 3.04. The van der Waals surface area contributed by atoms with E-state index in [1.165, 1.54) is 25.5 Å². The van der Waals surface area contributed by atoms with Crippen LogP contribution in [0.1, 0.15) is 31.2 Å². The molecule has 0 heterocycles. The molecular weight excluding hydrogens is 338 g/mol. The third-order valence-corrected chi connectivity index (χ3v) is 6.05. The van der Waals surface area contributed by atoms with Crippen molar-refractivity contribution in [2.45, 2.75) is 37.1 Å². The zero-order chi connectivity index (χ0) is 18.3. The maximum atomic E-state index is 11.5. The number of aliphatic imine (C=N–C) groups is 1. The lowest BCUT2D eigenvalue weighted by molar-refractivity contribution is 0.0732. The average Bonchev–Trinajstić information content (AvgIpc) is 2.55. The largest absolute Gasteiger partial charge is 0.385 e.